The molecular weight excluding hydrogens is 305 g/mol. The minimum absolute atomic E-state index is 0.241. The molecule has 0 aliphatic carbocycles. The number of fused-ring (bicyclic) bond motifs is 3. The molecule has 1 aromatic heterocycles. The molecule has 0 spiro atoms. The van der Waals surface area contributed by atoms with E-state index in [1.165, 1.54) is 12.1 Å². The Morgan fingerprint density at radius 3 is 2.67 bits per heavy atom. The third-order valence-corrected chi connectivity index (χ3v) is 4.12. The summed E-state index contributed by atoms with van der Waals surface area (Å²) < 4.78 is 19.1. The van der Waals surface area contributed by atoms with Crippen molar-refractivity contribution in [1.82, 2.24) is 0 Å². The highest BCUT2D eigenvalue weighted by atomic mass is 19.1. The first-order valence-electron chi connectivity index (χ1n) is 7.61. The number of anilines is 1. The van der Waals surface area contributed by atoms with Crippen LogP contribution in [0.3, 0.4) is 0 Å². The summed E-state index contributed by atoms with van der Waals surface area (Å²) in [5, 5.41) is 5.59. The summed E-state index contributed by atoms with van der Waals surface area (Å²) in [6, 6.07) is 17.6. The third kappa shape index (κ3) is 2.33. The van der Waals surface area contributed by atoms with Crippen LogP contribution in [0.15, 0.2) is 65.1 Å². The van der Waals surface area contributed by atoms with Crippen molar-refractivity contribution in [2.75, 3.05) is 5.32 Å². The molecule has 0 radical (unpaired) electrons. The summed E-state index contributed by atoms with van der Waals surface area (Å²) >= 11 is 0. The highest BCUT2D eigenvalue weighted by Crippen LogP contribution is 2.32. The zero-order chi connectivity index (χ0) is 16.7. The first kappa shape index (κ1) is 14.5. The smallest absolute Gasteiger partial charge is 0.291 e. The van der Waals surface area contributed by atoms with Gasteiger partial charge in [-0.3, -0.25) is 4.79 Å². The number of rotatable bonds is 2. The number of furan rings is 1. The van der Waals surface area contributed by atoms with Gasteiger partial charge in [0.05, 0.1) is 0 Å². The summed E-state index contributed by atoms with van der Waals surface area (Å²) in [4.78, 5) is 12.5. The van der Waals surface area contributed by atoms with Gasteiger partial charge >= 0.3 is 0 Å². The quantitative estimate of drug-likeness (QED) is 0.546. The van der Waals surface area contributed by atoms with Gasteiger partial charge in [-0.05, 0) is 30.5 Å². The molecule has 0 saturated heterocycles. The summed E-state index contributed by atoms with van der Waals surface area (Å²) in [7, 11) is 0. The van der Waals surface area contributed by atoms with Gasteiger partial charge in [-0.25, -0.2) is 4.39 Å². The van der Waals surface area contributed by atoms with Crippen molar-refractivity contribution in [3.63, 3.8) is 0 Å². The molecule has 1 N–H and O–H groups in total. The zero-order valence-electron chi connectivity index (χ0n) is 13.0. The van der Waals surface area contributed by atoms with E-state index in [2.05, 4.69) is 5.32 Å². The van der Waals surface area contributed by atoms with Crippen LogP contribution in [0.25, 0.3) is 21.7 Å². The monoisotopic (exact) mass is 319 g/mol. The number of halogens is 1. The SMILES string of the molecule is Cc1c(C(=O)Nc2cccc(F)c2)oc2c1ccc1ccccc12. The van der Waals surface area contributed by atoms with Gasteiger partial charge in [0.1, 0.15) is 11.4 Å². The molecule has 0 fully saturated rings. The van der Waals surface area contributed by atoms with Crippen LogP contribution < -0.4 is 5.32 Å². The second-order valence-electron chi connectivity index (χ2n) is 5.68. The van der Waals surface area contributed by atoms with Gasteiger partial charge in [0.25, 0.3) is 5.91 Å². The van der Waals surface area contributed by atoms with Crippen LogP contribution in [0.2, 0.25) is 0 Å². The lowest BCUT2D eigenvalue weighted by Crippen LogP contribution is -2.12. The fourth-order valence-electron chi connectivity index (χ4n) is 2.92. The predicted octanol–water partition coefficient (Wildman–Crippen LogP) is 5.29. The molecule has 0 atom stereocenters. The minimum atomic E-state index is -0.403. The van der Waals surface area contributed by atoms with Gasteiger partial charge in [0.2, 0.25) is 0 Å². The van der Waals surface area contributed by atoms with Crippen LogP contribution in [0.1, 0.15) is 16.1 Å². The van der Waals surface area contributed by atoms with Gasteiger partial charge in [0.15, 0.2) is 5.76 Å². The molecule has 24 heavy (non-hydrogen) atoms. The lowest BCUT2D eigenvalue weighted by molar-refractivity contribution is 0.0998. The van der Waals surface area contributed by atoms with Crippen molar-refractivity contribution in [3.8, 4) is 0 Å². The maximum absolute atomic E-state index is 13.3. The van der Waals surface area contributed by atoms with Gasteiger partial charge < -0.3 is 9.73 Å². The Morgan fingerprint density at radius 2 is 1.83 bits per heavy atom. The molecule has 1 amide bonds. The molecule has 0 unspecified atom stereocenters. The Kier molecular flexibility index (Phi) is 3.31. The first-order valence-corrected chi connectivity index (χ1v) is 7.61. The van der Waals surface area contributed by atoms with Crippen molar-refractivity contribution in [1.29, 1.82) is 0 Å². The molecule has 0 bridgehead atoms. The van der Waals surface area contributed by atoms with Crippen LogP contribution in [-0.2, 0) is 0 Å². The van der Waals surface area contributed by atoms with E-state index < -0.39 is 11.7 Å². The van der Waals surface area contributed by atoms with Crippen LogP contribution in [0, 0.1) is 12.7 Å². The highest BCUT2D eigenvalue weighted by Gasteiger charge is 2.19. The number of carbonyl (C=O) groups excluding carboxylic acids is 1. The maximum Gasteiger partial charge on any atom is 0.291 e. The molecule has 0 saturated carbocycles. The number of amides is 1. The summed E-state index contributed by atoms with van der Waals surface area (Å²) in [6.07, 6.45) is 0. The van der Waals surface area contributed by atoms with E-state index in [9.17, 15) is 9.18 Å². The van der Waals surface area contributed by atoms with Crippen LogP contribution >= 0.6 is 0 Å². The van der Waals surface area contributed by atoms with E-state index in [4.69, 9.17) is 4.42 Å². The molecule has 0 aliphatic heterocycles. The van der Waals surface area contributed by atoms with Crippen LogP contribution in [0.5, 0.6) is 0 Å². The second-order valence-corrected chi connectivity index (χ2v) is 5.68. The number of hydrogen-bond donors (Lipinski definition) is 1. The lowest BCUT2D eigenvalue weighted by atomic mass is 10.1. The Hall–Kier alpha value is -3.14. The van der Waals surface area contributed by atoms with E-state index in [1.807, 2.05) is 43.3 Å². The fraction of sp³-hybridized carbons (Fsp3) is 0.0500. The van der Waals surface area contributed by atoms with Crippen LogP contribution in [-0.4, -0.2) is 5.91 Å². The predicted molar refractivity (Wildman–Crippen MR) is 92.8 cm³/mol. The molecule has 0 aliphatic rings. The van der Waals surface area contributed by atoms with E-state index in [0.29, 0.717) is 11.3 Å². The topological polar surface area (TPSA) is 42.2 Å². The van der Waals surface area contributed by atoms with Crippen molar-refractivity contribution in [2.45, 2.75) is 6.92 Å². The van der Waals surface area contributed by atoms with Crippen molar-refractivity contribution in [2.24, 2.45) is 0 Å². The molecule has 1 heterocycles. The van der Waals surface area contributed by atoms with Crippen molar-refractivity contribution in [3.05, 3.63) is 77.8 Å². The second kappa shape index (κ2) is 5.49. The molecule has 4 rings (SSSR count). The van der Waals surface area contributed by atoms with E-state index >= 15 is 0 Å². The maximum atomic E-state index is 13.3. The number of hydrogen-bond acceptors (Lipinski definition) is 2. The zero-order valence-corrected chi connectivity index (χ0v) is 13.0. The summed E-state index contributed by atoms with van der Waals surface area (Å²) in [6.45, 7) is 1.85. The fourth-order valence-corrected chi connectivity index (χ4v) is 2.92. The normalized spacial score (nSPS) is 11.1. The molecule has 4 aromatic rings. The molecule has 4 heteroatoms. The van der Waals surface area contributed by atoms with Gasteiger partial charge in [0, 0.05) is 22.0 Å². The van der Waals surface area contributed by atoms with E-state index in [0.717, 1.165) is 21.7 Å². The first-order chi connectivity index (χ1) is 11.6. The third-order valence-electron chi connectivity index (χ3n) is 4.12. The number of carbonyl (C=O) groups is 1. The van der Waals surface area contributed by atoms with Gasteiger partial charge in [-0.1, -0.05) is 42.5 Å². The van der Waals surface area contributed by atoms with Crippen molar-refractivity contribution >= 4 is 33.3 Å². The number of aryl methyl sites for hydroxylation is 1. The summed E-state index contributed by atoms with van der Waals surface area (Å²) in [5.41, 5.74) is 1.85. The summed E-state index contributed by atoms with van der Waals surface area (Å²) in [5.74, 6) is -0.552. The average Bonchev–Trinajstić information content (AvgIpc) is 2.92. The Balaban J connectivity index is 1.80. The molecular formula is C20H14FNO2. The number of nitrogens with one attached hydrogen (secondary N) is 1. The Morgan fingerprint density at radius 1 is 1.00 bits per heavy atom. The van der Waals surface area contributed by atoms with Gasteiger partial charge in [-0.2, -0.15) is 0 Å². The van der Waals surface area contributed by atoms with Crippen molar-refractivity contribution < 1.29 is 13.6 Å². The standard InChI is InChI=1S/C20H14FNO2/c1-12-16-10-9-13-5-2-3-8-17(13)19(16)24-18(12)20(23)22-15-7-4-6-14(21)11-15/h2-11H,1H3,(H,22,23). The Labute approximate surface area is 137 Å². The van der Waals surface area contributed by atoms with E-state index in [-0.39, 0.29) is 5.76 Å². The molecule has 118 valence electrons. The number of benzene rings is 3. The minimum Gasteiger partial charge on any atom is -0.450 e. The average molecular weight is 319 g/mol. The largest absolute Gasteiger partial charge is 0.450 e. The lowest BCUT2D eigenvalue weighted by Gasteiger charge is -2.03. The molecule has 3 aromatic carbocycles. The highest BCUT2D eigenvalue weighted by molar-refractivity contribution is 6.11. The van der Waals surface area contributed by atoms with Crippen LogP contribution in [0.4, 0.5) is 10.1 Å². The molecule has 3 nitrogen and oxygen atoms in total. The van der Waals surface area contributed by atoms with E-state index in [1.54, 1.807) is 12.1 Å². The van der Waals surface area contributed by atoms with Gasteiger partial charge in [-0.15, -0.1) is 0 Å². The Bertz CT molecular complexity index is 1080.